The number of allylic oxidation sites excluding steroid dienone is 4. The molecule has 2 bridgehead atoms. The summed E-state index contributed by atoms with van der Waals surface area (Å²) in [5.41, 5.74) is -4.38. The van der Waals surface area contributed by atoms with Crippen LogP contribution in [0.1, 0.15) is 115 Å². The van der Waals surface area contributed by atoms with Gasteiger partial charge in [0.2, 0.25) is 0 Å². The molecule has 0 radical (unpaired) electrons. The normalized spacial score (nSPS) is 46.9. The van der Waals surface area contributed by atoms with Crippen molar-refractivity contribution in [3.05, 3.63) is 36.5 Å². The second kappa shape index (κ2) is 20.3. The molecule has 3 heterocycles. The van der Waals surface area contributed by atoms with Crippen molar-refractivity contribution in [3.63, 3.8) is 0 Å². The maximum atomic E-state index is 14.0. The molecular weight excluding hydrogens is 748 g/mol. The van der Waals surface area contributed by atoms with Gasteiger partial charge in [-0.15, -0.1) is 0 Å². The lowest BCUT2D eigenvalue weighted by molar-refractivity contribution is -0.388. The molecule has 0 aromatic carbocycles. The third-order valence-corrected chi connectivity index (χ3v) is 13.3. The quantitative estimate of drug-likeness (QED) is 0.221. The van der Waals surface area contributed by atoms with Crippen LogP contribution in [0.4, 0.5) is 0 Å². The zero-order valence-corrected chi connectivity index (χ0v) is 36.4. The average Bonchev–Trinajstić information content (AvgIpc) is 3.16. The van der Waals surface area contributed by atoms with Gasteiger partial charge in [-0.2, -0.15) is 0 Å². The summed E-state index contributed by atoms with van der Waals surface area (Å²) in [6.07, 6.45) is 4.55. The molecule has 3 aliphatic heterocycles. The highest BCUT2D eigenvalue weighted by Crippen LogP contribution is 2.49. The van der Waals surface area contributed by atoms with Crippen LogP contribution < -0.4 is 0 Å². The van der Waals surface area contributed by atoms with Crippen LogP contribution >= 0.6 is 0 Å². The summed E-state index contributed by atoms with van der Waals surface area (Å²) in [6, 6.07) is 0. The number of rotatable bonds is 3. The molecule has 18 atom stereocenters. The van der Waals surface area contributed by atoms with Gasteiger partial charge >= 0.3 is 5.97 Å². The summed E-state index contributed by atoms with van der Waals surface area (Å²) in [7, 11) is 0. The first kappa shape index (κ1) is 49.7. The van der Waals surface area contributed by atoms with E-state index in [1.54, 1.807) is 27.7 Å². The largest absolute Gasteiger partial charge is 0.456 e. The molecule has 13 heteroatoms. The summed E-state index contributed by atoms with van der Waals surface area (Å²) < 4.78 is 19.0. The number of esters is 1. The third-order valence-electron chi connectivity index (χ3n) is 13.3. The number of fused-ring (bicyclic) bond motifs is 2. The van der Waals surface area contributed by atoms with Gasteiger partial charge in [0.1, 0.15) is 17.5 Å². The minimum atomic E-state index is -2.23. The Morgan fingerprint density at radius 2 is 1.45 bits per heavy atom. The molecule has 0 saturated carbocycles. The molecule has 330 valence electrons. The van der Waals surface area contributed by atoms with Gasteiger partial charge in [0.25, 0.3) is 5.79 Å². The molecule has 2 fully saturated rings. The lowest BCUT2D eigenvalue weighted by Gasteiger charge is -2.57. The number of hydrogen-bond donors (Lipinski definition) is 6. The first-order chi connectivity index (χ1) is 26.8. The second-order valence-electron chi connectivity index (χ2n) is 18.2. The summed E-state index contributed by atoms with van der Waals surface area (Å²) in [6.45, 7) is 17.4. The fourth-order valence-corrected chi connectivity index (χ4v) is 8.94. The first-order valence-electron chi connectivity index (χ1n) is 21.2. The van der Waals surface area contributed by atoms with E-state index >= 15 is 0 Å². The van der Waals surface area contributed by atoms with Crippen molar-refractivity contribution < 1.29 is 64.0 Å². The van der Waals surface area contributed by atoms with Crippen LogP contribution in [-0.4, -0.2) is 114 Å². The van der Waals surface area contributed by atoms with Crippen molar-refractivity contribution in [2.24, 2.45) is 47.3 Å². The van der Waals surface area contributed by atoms with Gasteiger partial charge in [0, 0.05) is 42.1 Å². The Morgan fingerprint density at radius 1 is 0.828 bits per heavy atom. The Kier molecular flexibility index (Phi) is 17.4. The highest BCUT2D eigenvalue weighted by atomic mass is 16.7. The fraction of sp³-hybridized carbons (Fsp3) is 0.778. The topological polar surface area (TPSA) is 217 Å². The molecule has 0 amide bonds. The molecule has 13 nitrogen and oxygen atoms in total. The molecule has 1 spiro atoms. The molecular formula is C45H72O13. The van der Waals surface area contributed by atoms with Crippen LogP contribution in [0, 0.1) is 47.3 Å². The predicted octanol–water partition coefficient (Wildman–Crippen LogP) is 4.18. The van der Waals surface area contributed by atoms with Gasteiger partial charge in [-0.3, -0.25) is 14.4 Å². The van der Waals surface area contributed by atoms with E-state index in [9.17, 15) is 49.8 Å². The number of aliphatic hydroxyl groups is 6. The molecule has 0 aliphatic carbocycles. The van der Waals surface area contributed by atoms with Gasteiger partial charge in [-0.1, -0.05) is 85.8 Å². The fourth-order valence-electron chi connectivity index (χ4n) is 8.94. The van der Waals surface area contributed by atoms with Crippen molar-refractivity contribution >= 4 is 23.3 Å². The Bertz CT molecular complexity index is 1510. The van der Waals surface area contributed by atoms with Crippen molar-refractivity contribution in [1.29, 1.82) is 0 Å². The van der Waals surface area contributed by atoms with Crippen LogP contribution in [0.25, 0.3) is 0 Å². The van der Waals surface area contributed by atoms with Crippen molar-refractivity contribution in [3.8, 4) is 0 Å². The van der Waals surface area contributed by atoms with E-state index in [1.807, 2.05) is 38.2 Å². The van der Waals surface area contributed by atoms with E-state index in [2.05, 4.69) is 0 Å². The van der Waals surface area contributed by atoms with Gasteiger partial charge in [0.15, 0.2) is 17.2 Å². The highest BCUT2D eigenvalue weighted by Gasteiger charge is 2.69. The number of hydrogen-bond acceptors (Lipinski definition) is 13. The van der Waals surface area contributed by atoms with Crippen LogP contribution in [-0.2, 0) is 33.4 Å². The number of ketones is 3. The lowest BCUT2D eigenvalue weighted by Crippen LogP contribution is -2.75. The Morgan fingerprint density at radius 3 is 2.05 bits per heavy atom. The second-order valence-corrected chi connectivity index (χ2v) is 18.2. The molecule has 0 aromatic rings. The van der Waals surface area contributed by atoms with Gasteiger partial charge in [-0.05, 0) is 70.6 Å². The number of Topliss-reactive ketones (excluding diaryl/α,β-unsaturated/α-hetero) is 3. The van der Waals surface area contributed by atoms with Gasteiger partial charge < -0.3 is 44.8 Å². The van der Waals surface area contributed by atoms with Crippen molar-refractivity contribution in [2.75, 3.05) is 0 Å². The van der Waals surface area contributed by atoms with E-state index in [0.717, 1.165) is 12.5 Å². The van der Waals surface area contributed by atoms with E-state index in [0.29, 0.717) is 19.3 Å². The molecule has 58 heavy (non-hydrogen) atoms. The molecule has 3 rings (SSSR count). The minimum absolute atomic E-state index is 0.00618. The molecule has 0 unspecified atom stereocenters. The molecule has 0 aromatic heterocycles. The van der Waals surface area contributed by atoms with Crippen LogP contribution in [0.5, 0.6) is 0 Å². The zero-order valence-electron chi connectivity index (χ0n) is 36.4. The van der Waals surface area contributed by atoms with Crippen LogP contribution in [0.15, 0.2) is 36.5 Å². The van der Waals surface area contributed by atoms with Crippen molar-refractivity contribution in [2.45, 2.75) is 174 Å². The standard InChI is InChI=1S/C45H72O13/c1-12-32-17-15-13-14-16-25(3)40(52)43(10,54)41(53)31(9)39(51)30(8)38(50)29(7)37(49)24(2)18-21-36(48)56-42-28(6)33(20-19-32)57-45(44(42,11)55)35(47)22-26(4)34(58-45)23-27(5)46/h13-15,17-18,21,24-34,37,39-40,42,46,49,51-52,54-55H,12,16,19-20,22-23H2,1-11H3/b14-13+,17-15+,21-18+/t24-,25+,26-,27+,28+,29-,30-,31-,32-,33-,34-,37+,39+,40-,42+,43+,44+,45-/m0/s1. The van der Waals surface area contributed by atoms with E-state index in [1.165, 1.54) is 40.7 Å². The highest BCUT2D eigenvalue weighted by molar-refractivity contribution is 5.91. The number of carbonyl (C=O) groups is 4. The summed E-state index contributed by atoms with van der Waals surface area (Å²) in [5.74, 6) is -10.5. The van der Waals surface area contributed by atoms with Gasteiger partial charge in [0.05, 0.1) is 36.6 Å². The Hall–Kier alpha value is -2.62. The number of ether oxygens (including phenoxy) is 3. The third kappa shape index (κ3) is 10.8. The average molecular weight is 821 g/mol. The first-order valence-corrected chi connectivity index (χ1v) is 21.2. The summed E-state index contributed by atoms with van der Waals surface area (Å²) >= 11 is 0. The molecule has 2 saturated heterocycles. The minimum Gasteiger partial charge on any atom is -0.456 e. The lowest BCUT2D eigenvalue weighted by atomic mass is 9.71. The van der Waals surface area contributed by atoms with E-state index in [4.69, 9.17) is 14.2 Å². The van der Waals surface area contributed by atoms with Crippen molar-refractivity contribution in [1.82, 2.24) is 0 Å². The molecule has 6 N–H and O–H groups in total. The Balaban J connectivity index is 2.06. The molecule has 3 aliphatic rings. The SMILES string of the molecule is CC[C@H]1/C=C/C=C/C[C@@H](C)[C@H](O)[C@@](C)(O)C(=O)[C@@H](C)[C@H](O)[C@@H](C)C(=O)[C@@H](C)[C@H](O)[C@@H](C)/C=C/C(=O)O[C@@H]2[C@H](C)[C@H](CC1)O[C@@]1(O[C@@H](C[C@@H](C)O)[C@@H](C)CC1=O)[C@]2(C)O. The maximum Gasteiger partial charge on any atom is 0.330 e. The zero-order chi connectivity index (χ0) is 44.1. The van der Waals surface area contributed by atoms with Gasteiger partial charge in [-0.25, -0.2) is 4.79 Å². The van der Waals surface area contributed by atoms with E-state index < -0.39 is 119 Å². The number of aliphatic hydroxyl groups excluding tert-OH is 4. The number of carbonyl (C=O) groups excluding carboxylic acids is 4. The maximum absolute atomic E-state index is 14.0. The van der Waals surface area contributed by atoms with E-state index in [-0.39, 0.29) is 24.7 Å². The predicted molar refractivity (Wildman–Crippen MR) is 217 cm³/mol. The summed E-state index contributed by atoms with van der Waals surface area (Å²) in [5, 5.41) is 67.3. The van der Waals surface area contributed by atoms with Crippen LogP contribution in [0.2, 0.25) is 0 Å². The Labute approximate surface area is 344 Å². The monoisotopic (exact) mass is 820 g/mol. The smallest absolute Gasteiger partial charge is 0.330 e. The summed E-state index contributed by atoms with van der Waals surface area (Å²) in [4.78, 5) is 54.6. The van der Waals surface area contributed by atoms with Crippen LogP contribution in [0.3, 0.4) is 0 Å².